The molecule has 0 aromatic rings. The van der Waals surface area contributed by atoms with E-state index in [-0.39, 0.29) is 0 Å². The molecule has 0 bridgehead atoms. The number of nitrogens with zero attached hydrogens (tertiary/aromatic N) is 2. The summed E-state index contributed by atoms with van der Waals surface area (Å²) in [5.74, 6) is 0.849. The second kappa shape index (κ2) is 9.17. The Balaban J connectivity index is 3.50. The van der Waals surface area contributed by atoms with Crippen LogP contribution in [0.25, 0.3) is 0 Å². The van der Waals surface area contributed by atoms with Crippen LogP contribution in [0.3, 0.4) is 0 Å². The zero-order chi connectivity index (χ0) is 11.7. The van der Waals surface area contributed by atoms with Crippen molar-refractivity contribution >= 4 is 0 Å². The molecule has 0 N–H and O–H groups in total. The highest BCUT2D eigenvalue weighted by atomic mass is 15.2. The van der Waals surface area contributed by atoms with Crippen LogP contribution in [0.4, 0.5) is 0 Å². The molecular formula is C13H30N2. The van der Waals surface area contributed by atoms with Gasteiger partial charge in [0.2, 0.25) is 0 Å². The number of hydrogen-bond donors (Lipinski definition) is 0. The summed E-state index contributed by atoms with van der Waals surface area (Å²) < 4.78 is 0. The summed E-state index contributed by atoms with van der Waals surface area (Å²) in [4.78, 5) is 4.83. The Hall–Kier alpha value is -0.0800. The highest BCUT2D eigenvalue weighted by Crippen LogP contribution is 2.08. The predicted octanol–water partition coefficient (Wildman–Crippen LogP) is 2.70. The van der Waals surface area contributed by atoms with Crippen LogP contribution >= 0.6 is 0 Å². The summed E-state index contributed by atoms with van der Waals surface area (Å²) in [5, 5.41) is 0. The number of likely N-dealkylation sites (N-methyl/N-ethyl adjacent to an activating group) is 2. The van der Waals surface area contributed by atoms with Gasteiger partial charge < -0.3 is 9.80 Å². The summed E-state index contributed by atoms with van der Waals surface area (Å²) in [7, 11) is 4.43. The van der Waals surface area contributed by atoms with Gasteiger partial charge in [0.15, 0.2) is 0 Å². The van der Waals surface area contributed by atoms with E-state index in [1.807, 2.05) is 0 Å². The monoisotopic (exact) mass is 214 g/mol. The van der Waals surface area contributed by atoms with Gasteiger partial charge in [0.05, 0.1) is 0 Å². The fourth-order valence-electron chi connectivity index (χ4n) is 1.77. The van der Waals surface area contributed by atoms with E-state index in [9.17, 15) is 0 Å². The van der Waals surface area contributed by atoms with Gasteiger partial charge in [-0.25, -0.2) is 0 Å². The quantitative estimate of drug-likeness (QED) is 0.582. The summed E-state index contributed by atoms with van der Waals surface area (Å²) in [5.41, 5.74) is 0. The molecule has 0 aromatic carbocycles. The zero-order valence-electron chi connectivity index (χ0n) is 11.4. The molecule has 0 aromatic heterocycles. The van der Waals surface area contributed by atoms with Crippen molar-refractivity contribution in [2.45, 2.75) is 40.0 Å². The van der Waals surface area contributed by atoms with Crippen molar-refractivity contribution < 1.29 is 0 Å². The van der Waals surface area contributed by atoms with Crippen LogP contribution < -0.4 is 0 Å². The molecule has 0 rings (SSSR count). The van der Waals surface area contributed by atoms with Crippen LogP contribution in [-0.4, -0.2) is 50.1 Å². The molecule has 0 aliphatic rings. The standard InChI is InChI=1S/C13H30N2/c1-6-8-9-13(3)12-15(5)11-10-14(4)7-2/h13H,6-12H2,1-5H3. The van der Waals surface area contributed by atoms with Crippen molar-refractivity contribution in [3.63, 3.8) is 0 Å². The Morgan fingerprint density at radius 1 is 1.00 bits per heavy atom. The van der Waals surface area contributed by atoms with Gasteiger partial charge >= 0.3 is 0 Å². The van der Waals surface area contributed by atoms with Gasteiger partial charge in [0, 0.05) is 19.6 Å². The molecule has 0 heterocycles. The SMILES string of the molecule is CCCCC(C)CN(C)CCN(C)CC. The number of unbranched alkanes of at least 4 members (excludes halogenated alkanes) is 1. The molecule has 0 saturated carbocycles. The molecule has 2 nitrogen and oxygen atoms in total. The minimum Gasteiger partial charge on any atom is -0.305 e. The van der Waals surface area contributed by atoms with Gasteiger partial charge in [-0.15, -0.1) is 0 Å². The van der Waals surface area contributed by atoms with E-state index in [1.165, 1.54) is 38.9 Å². The van der Waals surface area contributed by atoms with Gasteiger partial charge in [-0.3, -0.25) is 0 Å². The maximum Gasteiger partial charge on any atom is 0.0106 e. The molecule has 92 valence electrons. The van der Waals surface area contributed by atoms with Crippen molar-refractivity contribution in [3.05, 3.63) is 0 Å². The number of hydrogen-bond acceptors (Lipinski definition) is 2. The average Bonchev–Trinajstić information content (AvgIpc) is 2.22. The maximum atomic E-state index is 2.46. The normalized spacial score (nSPS) is 13.8. The third-order valence-electron chi connectivity index (χ3n) is 3.08. The minimum absolute atomic E-state index is 0.849. The van der Waals surface area contributed by atoms with E-state index < -0.39 is 0 Å². The lowest BCUT2D eigenvalue weighted by atomic mass is 10.0. The van der Waals surface area contributed by atoms with Gasteiger partial charge in [-0.05, 0) is 33.0 Å². The molecule has 0 saturated heterocycles. The fourth-order valence-corrected chi connectivity index (χ4v) is 1.77. The second-order valence-electron chi connectivity index (χ2n) is 4.91. The Kier molecular flexibility index (Phi) is 9.12. The lowest BCUT2D eigenvalue weighted by Gasteiger charge is -2.23. The first-order valence-corrected chi connectivity index (χ1v) is 6.47. The molecule has 0 radical (unpaired) electrons. The Morgan fingerprint density at radius 3 is 2.13 bits per heavy atom. The first-order valence-electron chi connectivity index (χ1n) is 6.47. The average molecular weight is 214 g/mol. The third kappa shape index (κ3) is 8.88. The molecule has 1 unspecified atom stereocenters. The van der Waals surface area contributed by atoms with E-state index in [1.54, 1.807) is 0 Å². The van der Waals surface area contributed by atoms with Crippen molar-refractivity contribution in [2.75, 3.05) is 40.3 Å². The maximum absolute atomic E-state index is 2.46. The Bertz CT molecular complexity index is 136. The summed E-state index contributed by atoms with van der Waals surface area (Å²) >= 11 is 0. The highest BCUT2D eigenvalue weighted by molar-refractivity contribution is 4.61. The van der Waals surface area contributed by atoms with Crippen molar-refractivity contribution in [1.29, 1.82) is 0 Å². The topological polar surface area (TPSA) is 6.48 Å². The summed E-state index contributed by atoms with van der Waals surface area (Å²) in [6, 6.07) is 0. The van der Waals surface area contributed by atoms with Crippen molar-refractivity contribution in [2.24, 2.45) is 5.92 Å². The minimum atomic E-state index is 0.849. The van der Waals surface area contributed by atoms with Crippen LogP contribution in [0.15, 0.2) is 0 Å². The van der Waals surface area contributed by atoms with E-state index in [2.05, 4.69) is 44.7 Å². The van der Waals surface area contributed by atoms with E-state index in [0.29, 0.717) is 0 Å². The predicted molar refractivity (Wildman–Crippen MR) is 69.4 cm³/mol. The summed E-state index contributed by atoms with van der Waals surface area (Å²) in [6.07, 6.45) is 4.08. The largest absolute Gasteiger partial charge is 0.305 e. The number of rotatable bonds is 9. The van der Waals surface area contributed by atoms with Crippen molar-refractivity contribution in [3.8, 4) is 0 Å². The van der Waals surface area contributed by atoms with Gasteiger partial charge in [-0.2, -0.15) is 0 Å². The second-order valence-corrected chi connectivity index (χ2v) is 4.91. The molecule has 0 aliphatic carbocycles. The van der Waals surface area contributed by atoms with Crippen LogP contribution in [0.5, 0.6) is 0 Å². The molecule has 1 atom stereocenters. The molecule has 0 amide bonds. The third-order valence-corrected chi connectivity index (χ3v) is 3.08. The zero-order valence-corrected chi connectivity index (χ0v) is 11.4. The van der Waals surface area contributed by atoms with E-state index >= 15 is 0 Å². The lowest BCUT2D eigenvalue weighted by molar-refractivity contribution is 0.234. The van der Waals surface area contributed by atoms with E-state index in [4.69, 9.17) is 0 Å². The van der Waals surface area contributed by atoms with Gasteiger partial charge in [-0.1, -0.05) is 33.6 Å². The molecule has 2 heteroatoms. The first-order chi connectivity index (χ1) is 7.10. The fraction of sp³-hybridized carbons (Fsp3) is 1.00. The summed E-state index contributed by atoms with van der Waals surface area (Å²) in [6.45, 7) is 11.6. The highest BCUT2D eigenvalue weighted by Gasteiger charge is 2.06. The Labute approximate surface area is 96.6 Å². The van der Waals surface area contributed by atoms with Crippen LogP contribution in [0, 0.1) is 5.92 Å². The Morgan fingerprint density at radius 2 is 1.60 bits per heavy atom. The van der Waals surface area contributed by atoms with Gasteiger partial charge in [0.1, 0.15) is 0 Å². The lowest BCUT2D eigenvalue weighted by Crippen LogP contribution is -2.33. The van der Waals surface area contributed by atoms with E-state index in [0.717, 1.165) is 12.5 Å². The van der Waals surface area contributed by atoms with Crippen LogP contribution in [0.2, 0.25) is 0 Å². The molecule has 15 heavy (non-hydrogen) atoms. The molecule has 0 fully saturated rings. The van der Waals surface area contributed by atoms with Gasteiger partial charge in [0.25, 0.3) is 0 Å². The van der Waals surface area contributed by atoms with Crippen LogP contribution in [0.1, 0.15) is 40.0 Å². The van der Waals surface area contributed by atoms with Crippen molar-refractivity contribution in [1.82, 2.24) is 9.80 Å². The molecule has 0 aliphatic heterocycles. The van der Waals surface area contributed by atoms with Crippen LogP contribution in [-0.2, 0) is 0 Å². The smallest absolute Gasteiger partial charge is 0.0106 e. The first kappa shape index (κ1) is 14.9. The molecular weight excluding hydrogens is 184 g/mol. The molecule has 0 spiro atoms.